The topological polar surface area (TPSA) is 100 Å². The van der Waals surface area contributed by atoms with Crippen LogP contribution < -0.4 is 16.4 Å². The molecule has 0 spiro atoms. The van der Waals surface area contributed by atoms with Gasteiger partial charge < -0.3 is 21.4 Å². The van der Waals surface area contributed by atoms with Gasteiger partial charge in [-0.05, 0) is 18.9 Å². The van der Waals surface area contributed by atoms with Gasteiger partial charge in [0.25, 0.3) is 5.91 Å². The number of nitrogens with one attached hydrogen (secondary N) is 3. The Morgan fingerprint density at radius 2 is 1.90 bits per heavy atom. The molecule has 2 rings (SSSR count). The lowest BCUT2D eigenvalue weighted by Crippen LogP contribution is -2.37. The monoisotopic (exact) mass is 292 g/mol. The lowest BCUT2D eigenvalue weighted by atomic mass is 10.1. The smallest absolute Gasteiger partial charge is 0.267 e. The van der Waals surface area contributed by atoms with Crippen molar-refractivity contribution >= 4 is 11.8 Å². The number of amides is 2. The summed E-state index contributed by atoms with van der Waals surface area (Å²) < 4.78 is 0. The van der Waals surface area contributed by atoms with E-state index < -0.39 is 5.91 Å². The van der Waals surface area contributed by atoms with Gasteiger partial charge >= 0.3 is 0 Å². The van der Waals surface area contributed by atoms with E-state index in [-0.39, 0.29) is 5.91 Å². The zero-order valence-electron chi connectivity index (χ0n) is 12.3. The molecule has 0 radical (unpaired) electrons. The van der Waals surface area contributed by atoms with Gasteiger partial charge in [0.2, 0.25) is 5.91 Å². The van der Waals surface area contributed by atoms with Gasteiger partial charge in [-0.25, -0.2) is 0 Å². The number of H-pyrrole nitrogens is 1. The lowest BCUT2D eigenvalue weighted by molar-refractivity contribution is 0.0949. The summed E-state index contributed by atoms with van der Waals surface area (Å²) in [6, 6.07) is 2.05. The molecule has 1 heterocycles. The first-order valence-electron chi connectivity index (χ1n) is 7.66. The summed E-state index contributed by atoms with van der Waals surface area (Å²) >= 11 is 0. The molecular weight excluding hydrogens is 268 g/mol. The van der Waals surface area contributed by atoms with Crippen molar-refractivity contribution < 1.29 is 9.59 Å². The van der Waals surface area contributed by atoms with Crippen molar-refractivity contribution in [2.75, 3.05) is 13.1 Å². The first kappa shape index (κ1) is 15.6. The number of aromatic nitrogens is 1. The fourth-order valence-corrected chi connectivity index (χ4v) is 2.70. The van der Waals surface area contributed by atoms with Crippen LogP contribution in [0.5, 0.6) is 0 Å². The molecular formula is C15H24N4O2. The number of carbonyl (C=O) groups excluding carboxylic acids is 2. The van der Waals surface area contributed by atoms with Crippen molar-refractivity contribution in [2.24, 2.45) is 5.73 Å². The van der Waals surface area contributed by atoms with Gasteiger partial charge in [0.05, 0.1) is 5.56 Å². The SMILES string of the molecule is NC(=O)c1c[nH]c(C(=O)NCCNC2CCCCCC2)c1. The first-order chi connectivity index (χ1) is 10.2. The number of hydrogen-bond donors (Lipinski definition) is 4. The zero-order chi connectivity index (χ0) is 15.1. The number of nitrogens with two attached hydrogens (primary N) is 1. The maximum atomic E-state index is 11.9. The fraction of sp³-hybridized carbons (Fsp3) is 0.600. The van der Waals surface area contributed by atoms with E-state index in [9.17, 15) is 9.59 Å². The molecule has 1 saturated carbocycles. The maximum Gasteiger partial charge on any atom is 0.267 e. The van der Waals surface area contributed by atoms with Crippen LogP contribution in [0.1, 0.15) is 59.4 Å². The predicted octanol–water partition coefficient (Wildman–Crippen LogP) is 1.16. The van der Waals surface area contributed by atoms with Gasteiger partial charge in [-0.2, -0.15) is 0 Å². The molecule has 1 aliphatic carbocycles. The van der Waals surface area contributed by atoms with Crippen LogP contribution in [0.3, 0.4) is 0 Å². The van der Waals surface area contributed by atoms with Gasteiger partial charge in [-0.15, -0.1) is 0 Å². The van der Waals surface area contributed by atoms with Gasteiger partial charge in [0, 0.05) is 25.3 Å². The number of carbonyl (C=O) groups is 2. The quantitative estimate of drug-likeness (QED) is 0.467. The van der Waals surface area contributed by atoms with Crippen LogP contribution >= 0.6 is 0 Å². The van der Waals surface area contributed by atoms with Gasteiger partial charge in [-0.1, -0.05) is 25.7 Å². The highest BCUT2D eigenvalue weighted by Gasteiger charge is 2.12. The average Bonchev–Trinajstić information content (AvgIpc) is 2.82. The van der Waals surface area contributed by atoms with Crippen molar-refractivity contribution in [3.63, 3.8) is 0 Å². The maximum absolute atomic E-state index is 11.9. The summed E-state index contributed by atoms with van der Waals surface area (Å²) in [4.78, 5) is 25.6. The second-order valence-corrected chi connectivity index (χ2v) is 5.56. The molecule has 0 atom stereocenters. The Hall–Kier alpha value is -1.82. The molecule has 116 valence electrons. The van der Waals surface area contributed by atoms with Crippen molar-refractivity contribution in [1.82, 2.24) is 15.6 Å². The summed E-state index contributed by atoms with van der Waals surface area (Å²) in [5.41, 5.74) is 5.82. The molecule has 1 aromatic rings. The Kier molecular flexibility index (Phi) is 5.80. The van der Waals surface area contributed by atoms with Crippen molar-refractivity contribution in [3.8, 4) is 0 Å². The summed E-state index contributed by atoms with van der Waals surface area (Å²) in [5.74, 6) is -0.759. The molecule has 6 heteroatoms. The van der Waals surface area contributed by atoms with Crippen molar-refractivity contribution in [1.29, 1.82) is 0 Å². The second-order valence-electron chi connectivity index (χ2n) is 5.56. The van der Waals surface area contributed by atoms with Gasteiger partial charge in [0.15, 0.2) is 0 Å². The Labute approximate surface area is 124 Å². The normalized spacial score (nSPS) is 16.4. The van der Waals surface area contributed by atoms with E-state index in [1.54, 1.807) is 0 Å². The van der Waals surface area contributed by atoms with E-state index in [2.05, 4.69) is 15.6 Å². The van der Waals surface area contributed by atoms with Crippen molar-refractivity contribution in [3.05, 3.63) is 23.5 Å². The highest BCUT2D eigenvalue weighted by molar-refractivity contribution is 5.98. The molecule has 0 aromatic carbocycles. The molecule has 2 amide bonds. The predicted molar refractivity (Wildman–Crippen MR) is 81.1 cm³/mol. The van der Waals surface area contributed by atoms with Crippen LogP contribution in [0.4, 0.5) is 0 Å². The van der Waals surface area contributed by atoms with Gasteiger partial charge in [-0.3, -0.25) is 9.59 Å². The van der Waals surface area contributed by atoms with Gasteiger partial charge in [0.1, 0.15) is 5.69 Å². The largest absolute Gasteiger partial charge is 0.366 e. The molecule has 1 fully saturated rings. The van der Waals surface area contributed by atoms with E-state index >= 15 is 0 Å². The first-order valence-corrected chi connectivity index (χ1v) is 7.66. The third-order valence-corrected chi connectivity index (χ3v) is 3.91. The van der Waals surface area contributed by atoms with Crippen LogP contribution in [0.15, 0.2) is 12.3 Å². The highest BCUT2D eigenvalue weighted by Crippen LogP contribution is 2.16. The molecule has 0 saturated heterocycles. The minimum absolute atomic E-state index is 0.217. The zero-order valence-corrected chi connectivity index (χ0v) is 12.3. The molecule has 0 bridgehead atoms. The third kappa shape index (κ3) is 4.90. The Balaban J connectivity index is 1.67. The fourth-order valence-electron chi connectivity index (χ4n) is 2.70. The average molecular weight is 292 g/mol. The van der Waals surface area contributed by atoms with E-state index in [0.717, 1.165) is 6.54 Å². The van der Waals surface area contributed by atoms with E-state index in [1.165, 1.54) is 50.8 Å². The number of primary amides is 1. The van der Waals surface area contributed by atoms with Crippen LogP contribution in [0, 0.1) is 0 Å². The van der Waals surface area contributed by atoms with E-state index in [1.807, 2.05) is 0 Å². The molecule has 21 heavy (non-hydrogen) atoms. The standard InChI is InChI=1S/C15H24N4O2/c16-14(20)11-9-13(19-10-11)15(21)18-8-7-17-12-5-3-1-2-4-6-12/h9-10,12,17,19H,1-8H2,(H2,16,20)(H,18,21). The highest BCUT2D eigenvalue weighted by atomic mass is 16.2. The number of rotatable bonds is 6. The van der Waals surface area contributed by atoms with Crippen LogP contribution in [-0.2, 0) is 0 Å². The molecule has 6 nitrogen and oxygen atoms in total. The van der Waals surface area contributed by atoms with E-state index in [4.69, 9.17) is 5.73 Å². The Morgan fingerprint density at radius 1 is 1.19 bits per heavy atom. The molecule has 1 aromatic heterocycles. The lowest BCUT2D eigenvalue weighted by Gasteiger charge is -2.16. The number of hydrogen-bond acceptors (Lipinski definition) is 3. The van der Waals surface area contributed by atoms with Crippen LogP contribution in [0.2, 0.25) is 0 Å². The minimum Gasteiger partial charge on any atom is -0.366 e. The van der Waals surface area contributed by atoms with Crippen molar-refractivity contribution in [2.45, 2.75) is 44.6 Å². The molecule has 1 aliphatic rings. The van der Waals surface area contributed by atoms with Crippen LogP contribution in [0.25, 0.3) is 0 Å². The van der Waals surface area contributed by atoms with E-state index in [0.29, 0.717) is 23.8 Å². The molecule has 5 N–H and O–H groups in total. The number of aromatic amines is 1. The third-order valence-electron chi connectivity index (χ3n) is 3.91. The second kappa shape index (κ2) is 7.83. The Bertz CT molecular complexity index is 476. The minimum atomic E-state index is -0.541. The summed E-state index contributed by atoms with van der Waals surface area (Å²) in [6.07, 6.45) is 9.17. The summed E-state index contributed by atoms with van der Waals surface area (Å²) in [5, 5.41) is 6.31. The summed E-state index contributed by atoms with van der Waals surface area (Å²) in [7, 11) is 0. The Morgan fingerprint density at radius 3 is 2.52 bits per heavy atom. The molecule has 0 unspecified atom stereocenters. The van der Waals surface area contributed by atoms with Crippen LogP contribution in [-0.4, -0.2) is 35.9 Å². The molecule has 0 aliphatic heterocycles. The summed E-state index contributed by atoms with van der Waals surface area (Å²) in [6.45, 7) is 1.33.